The maximum absolute atomic E-state index is 12.6. The van der Waals surface area contributed by atoms with Crippen molar-refractivity contribution in [2.75, 3.05) is 36.4 Å². The third-order valence-electron chi connectivity index (χ3n) is 5.03. The lowest BCUT2D eigenvalue weighted by Crippen LogP contribution is -2.50. The summed E-state index contributed by atoms with van der Waals surface area (Å²) in [6.45, 7) is 3.34. The molecule has 1 aromatic heterocycles. The first-order valence-corrected chi connectivity index (χ1v) is 9.66. The fourth-order valence-corrected chi connectivity index (χ4v) is 3.63. The van der Waals surface area contributed by atoms with Crippen LogP contribution in [-0.2, 0) is 6.54 Å². The number of nitrogens with one attached hydrogen (secondary N) is 1. The summed E-state index contributed by atoms with van der Waals surface area (Å²) in [5.41, 5.74) is 9.43. The number of fused-ring (bicyclic) bond motifs is 1. The largest absolute Gasteiger partial charge is 0.367 e. The molecule has 2 amide bonds. The predicted molar refractivity (Wildman–Crippen MR) is 114 cm³/mol. The number of aromatic nitrogens is 1. The highest BCUT2D eigenvalue weighted by Gasteiger charge is 2.22. The van der Waals surface area contributed by atoms with E-state index in [2.05, 4.69) is 15.2 Å². The van der Waals surface area contributed by atoms with E-state index in [1.54, 1.807) is 6.20 Å². The number of anilines is 2. The van der Waals surface area contributed by atoms with Crippen LogP contribution >= 0.6 is 11.6 Å². The van der Waals surface area contributed by atoms with Crippen molar-refractivity contribution in [2.45, 2.75) is 6.54 Å². The first-order chi connectivity index (χ1) is 13.6. The molecule has 28 heavy (non-hydrogen) atoms. The number of carbonyl (C=O) groups is 1. The second-order valence-corrected chi connectivity index (χ2v) is 7.23. The number of benzene rings is 2. The molecule has 3 N–H and O–H groups in total. The Balaban J connectivity index is 1.41. The summed E-state index contributed by atoms with van der Waals surface area (Å²) in [6.07, 6.45) is 1.80. The molecule has 0 bridgehead atoms. The minimum absolute atomic E-state index is 0.0773. The minimum Gasteiger partial charge on any atom is -0.367 e. The van der Waals surface area contributed by atoms with Gasteiger partial charge in [0.1, 0.15) is 0 Å². The van der Waals surface area contributed by atoms with E-state index in [0.717, 1.165) is 40.9 Å². The number of pyridine rings is 1. The highest BCUT2D eigenvalue weighted by atomic mass is 35.5. The highest BCUT2D eigenvalue weighted by Crippen LogP contribution is 2.28. The number of urea groups is 1. The van der Waals surface area contributed by atoms with Crippen molar-refractivity contribution in [3.8, 4) is 0 Å². The number of piperazine rings is 1. The third-order valence-corrected chi connectivity index (χ3v) is 5.27. The van der Waals surface area contributed by atoms with Gasteiger partial charge in [-0.2, -0.15) is 0 Å². The number of hydrogen-bond acceptors (Lipinski definition) is 4. The molecule has 2 aromatic carbocycles. The number of nitrogens with zero attached hydrogens (tertiary/aromatic N) is 3. The number of carbonyl (C=O) groups excluding carboxylic acids is 1. The molecule has 0 saturated carbocycles. The van der Waals surface area contributed by atoms with Gasteiger partial charge in [0.25, 0.3) is 0 Å². The Kier molecular flexibility index (Phi) is 5.32. The third kappa shape index (κ3) is 3.88. The van der Waals surface area contributed by atoms with Crippen molar-refractivity contribution in [3.63, 3.8) is 0 Å². The van der Waals surface area contributed by atoms with Gasteiger partial charge in [-0.1, -0.05) is 23.7 Å². The quantitative estimate of drug-likeness (QED) is 0.709. The lowest BCUT2D eigenvalue weighted by atomic mass is 10.1. The van der Waals surface area contributed by atoms with Crippen LogP contribution < -0.4 is 16.0 Å². The number of hydrogen-bond donors (Lipinski definition) is 2. The number of nitrogens with two attached hydrogens (primary N) is 1. The molecule has 1 fully saturated rings. The van der Waals surface area contributed by atoms with Crippen LogP contribution in [0.4, 0.5) is 16.2 Å². The molecule has 0 radical (unpaired) electrons. The van der Waals surface area contributed by atoms with Gasteiger partial charge in [-0.25, -0.2) is 4.79 Å². The zero-order chi connectivity index (χ0) is 19.5. The number of rotatable bonds is 3. The molecule has 3 aromatic rings. The van der Waals surface area contributed by atoms with Gasteiger partial charge in [-0.05, 0) is 42.0 Å². The van der Waals surface area contributed by atoms with Gasteiger partial charge in [0.15, 0.2) is 0 Å². The number of halogens is 1. The molecule has 6 nitrogen and oxygen atoms in total. The van der Waals surface area contributed by atoms with Crippen molar-refractivity contribution in [1.82, 2.24) is 9.88 Å². The van der Waals surface area contributed by atoms with Crippen LogP contribution in [0.5, 0.6) is 0 Å². The van der Waals surface area contributed by atoms with Gasteiger partial charge in [0.2, 0.25) is 0 Å². The summed E-state index contributed by atoms with van der Waals surface area (Å²) in [4.78, 5) is 21.1. The maximum Gasteiger partial charge on any atom is 0.321 e. The first-order valence-electron chi connectivity index (χ1n) is 9.28. The van der Waals surface area contributed by atoms with Gasteiger partial charge < -0.3 is 20.9 Å². The molecule has 1 aliphatic rings. The van der Waals surface area contributed by atoms with Crippen molar-refractivity contribution >= 4 is 39.9 Å². The maximum atomic E-state index is 12.6. The van der Waals surface area contributed by atoms with E-state index < -0.39 is 0 Å². The molecular formula is C21H22ClN5O. The smallest absolute Gasteiger partial charge is 0.321 e. The standard InChI is InChI=1S/C21H22ClN5O/c22-16-3-6-18-19(13-16)24-8-7-20(18)26-9-11-27(12-10-26)21(28)25-17-4-1-15(14-23)2-5-17/h1-8,13H,9-12,14,23H2,(H,25,28). The second kappa shape index (κ2) is 8.04. The Bertz CT molecular complexity index is 984. The molecule has 1 aliphatic heterocycles. The Morgan fingerprint density at radius 1 is 1.07 bits per heavy atom. The zero-order valence-electron chi connectivity index (χ0n) is 15.4. The summed E-state index contributed by atoms with van der Waals surface area (Å²) in [7, 11) is 0. The molecule has 7 heteroatoms. The van der Waals surface area contributed by atoms with E-state index in [0.29, 0.717) is 24.7 Å². The fourth-order valence-electron chi connectivity index (χ4n) is 3.46. The molecule has 0 unspecified atom stereocenters. The molecule has 0 aliphatic carbocycles. The van der Waals surface area contributed by atoms with Gasteiger partial charge in [-0.3, -0.25) is 4.98 Å². The predicted octanol–water partition coefficient (Wildman–Crippen LogP) is 3.70. The molecular weight excluding hydrogens is 374 g/mol. The van der Waals surface area contributed by atoms with Crippen LogP contribution in [0.15, 0.2) is 54.7 Å². The monoisotopic (exact) mass is 395 g/mol. The van der Waals surface area contributed by atoms with Crippen LogP contribution in [0, 0.1) is 0 Å². The van der Waals surface area contributed by atoms with E-state index in [-0.39, 0.29) is 6.03 Å². The summed E-state index contributed by atoms with van der Waals surface area (Å²) in [6, 6.07) is 15.3. The molecule has 4 rings (SSSR count). The summed E-state index contributed by atoms with van der Waals surface area (Å²) in [5.74, 6) is 0. The molecule has 2 heterocycles. The van der Waals surface area contributed by atoms with E-state index in [1.165, 1.54) is 0 Å². The average molecular weight is 396 g/mol. The molecule has 1 saturated heterocycles. The Labute approximate surface area is 168 Å². The lowest BCUT2D eigenvalue weighted by molar-refractivity contribution is 0.208. The van der Waals surface area contributed by atoms with Gasteiger partial charge in [0, 0.05) is 60.7 Å². The SMILES string of the molecule is NCc1ccc(NC(=O)N2CCN(c3ccnc4cc(Cl)ccc34)CC2)cc1. The topological polar surface area (TPSA) is 74.5 Å². The second-order valence-electron chi connectivity index (χ2n) is 6.80. The van der Waals surface area contributed by atoms with E-state index in [9.17, 15) is 4.79 Å². The molecule has 144 valence electrons. The van der Waals surface area contributed by atoms with Crippen LogP contribution in [0.1, 0.15) is 5.56 Å². The fraction of sp³-hybridized carbons (Fsp3) is 0.238. The van der Waals surface area contributed by atoms with E-state index in [4.69, 9.17) is 17.3 Å². The first kappa shape index (κ1) is 18.5. The summed E-state index contributed by atoms with van der Waals surface area (Å²) >= 11 is 6.08. The average Bonchev–Trinajstić information content (AvgIpc) is 2.73. The van der Waals surface area contributed by atoms with Gasteiger partial charge in [0.05, 0.1) is 5.52 Å². The van der Waals surface area contributed by atoms with E-state index >= 15 is 0 Å². The highest BCUT2D eigenvalue weighted by molar-refractivity contribution is 6.31. The van der Waals surface area contributed by atoms with Crippen LogP contribution in [0.3, 0.4) is 0 Å². The van der Waals surface area contributed by atoms with Crippen LogP contribution in [-0.4, -0.2) is 42.1 Å². The van der Waals surface area contributed by atoms with Gasteiger partial charge in [-0.15, -0.1) is 0 Å². The van der Waals surface area contributed by atoms with Gasteiger partial charge >= 0.3 is 6.03 Å². The summed E-state index contributed by atoms with van der Waals surface area (Å²) < 4.78 is 0. The van der Waals surface area contributed by atoms with Crippen LogP contribution in [0.2, 0.25) is 5.02 Å². The zero-order valence-corrected chi connectivity index (χ0v) is 16.2. The number of amides is 2. The molecule has 0 spiro atoms. The van der Waals surface area contributed by atoms with Crippen LogP contribution in [0.25, 0.3) is 10.9 Å². The van der Waals surface area contributed by atoms with Crippen molar-refractivity contribution in [3.05, 3.63) is 65.3 Å². The Morgan fingerprint density at radius 2 is 1.82 bits per heavy atom. The van der Waals surface area contributed by atoms with Crippen molar-refractivity contribution in [2.24, 2.45) is 5.73 Å². The normalized spacial score (nSPS) is 14.4. The van der Waals surface area contributed by atoms with Crippen molar-refractivity contribution < 1.29 is 4.79 Å². The van der Waals surface area contributed by atoms with E-state index in [1.807, 2.05) is 53.4 Å². The summed E-state index contributed by atoms with van der Waals surface area (Å²) in [5, 5.41) is 4.71. The molecule has 0 atom stereocenters. The minimum atomic E-state index is -0.0773. The Hall–Kier alpha value is -2.83. The lowest BCUT2D eigenvalue weighted by Gasteiger charge is -2.36. The van der Waals surface area contributed by atoms with Crippen molar-refractivity contribution in [1.29, 1.82) is 0 Å². The Morgan fingerprint density at radius 3 is 2.54 bits per heavy atom.